The minimum absolute atomic E-state index is 0.231. The average Bonchev–Trinajstić information content (AvgIpc) is 2.94. The Morgan fingerprint density at radius 1 is 1.18 bits per heavy atom. The van der Waals surface area contributed by atoms with Crippen LogP contribution in [0.4, 0.5) is 0 Å². The molecule has 3 fully saturated rings. The van der Waals surface area contributed by atoms with Gasteiger partial charge in [-0.25, -0.2) is 0 Å². The molecule has 22 heavy (non-hydrogen) atoms. The Morgan fingerprint density at radius 3 is 2.77 bits per heavy atom. The number of aliphatic carboxylic acids is 1. The van der Waals surface area contributed by atoms with E-state index >= 15 is 0 Å². The van der Waals surface area contributed by atoms with E-state index in [4.69, 9.17) is 0 Å². The number of carbonyl (C=O) groups is 2. The van der Waals surface area contributed by atoms with Crippen molar-refractivity contribution in [2.75, 3.05) is 0 Å². The highest BCUT2D eigenvalue weighted by Crippen LogP contribution is 2.65. The van der Waals surface area contributed by atoms with E-state index in [0.29, 0.717) is 29.5 Å². The van der Waals surface area contributed by atoms with E-state index < -0.39 is 11.4 Å². The smallest absolute Gasteiger partial charge is 0.309 e. The zero-order valence-corrected chi connectivity index (χ0v) is 13.4. The van der Waals surface area contributed by atoms with Crippen molar-refractivity contribution in [1.29, 1.82) is 0 Å². The molecule has 3 saturated carbocycles. The lowest BCUT2D eigenvalue weighted by Crippen LogP contribution is -2.56. The highest BCUT2D eigenvalue weighted by molar-refractivity contribution is 5.96. The fourth-order valence-corrected chi connectivity index (χ4v) is 6.72. The van der Waals surface area contributed by atoms with Crippen molar-refractivity contribution in [3.63, 3.8) is 0 Å². The maximum atomic E-state index is 12.7. The number of ketones is 1. The highest BCUT2D eigenvalue weighted by Gasteiger charge is 2.62. The van der Waals surface area contributed by atoms with Crippen molar-refractivity contribution in [2.45, 2.75) is 58.3 Å². The number of allylic oxidation sites excluding steroid dienone is 2. The molecule has 1 N–H and O–H groups in total. The molecule has 4 aliphatic rings. The summed E-state index contributed by atoms with van der Waals surface area (Å²) in [5, 5.41) is 9.86. The fraction of sp³-hybridized carbons (Fsp3) is 0.789. The highest BCUT2D eigenvalue weighted by atomic mass is 16.4. The molecule has 1 unspecified atom stereocenters. The molecule has 4 aliphatic carbocycles. The maximum Gasteiger partial charge on any atom is 0.309 e. The van der Waals surface area contributed by atoms with E-state index in [0.717, 1.165) is 51.4 Å². The average molecular weight is 302 g/mol. The van der Waals surface area contributed by atoms with Crippen molar-refractivity contribution in [1.82, 2.24) is 0 Å². The predicted octanol–water partition coefficient (Wildman–Crippen LogP) is 3.83. The second kappa shape index (κ2) is 4.69. The largest absolute Gasteiger partial charge is 0.481 e. The van der Waals surface area contributed by atoms with Crippen LogP contribution in [-0.2, 0) is 9.59 Å². The van der Waals surface area contributed by atoms with Gasteiger partial charge in [0.25, 0.3) is 0 Å². The van der Waals surface area contributed by atoms with Crippen LogP contribution in [0.1, 0.15) is 58.3 Å². The van der Waals surface area contributed by atoms with Crippen molar-refractivity contribution < 1.29 is 14.7 Å². The summed E-state index contributed by atoms with van der Waals surface area (Å²) < 4.78 is 0. The lowest BCUT2D eigenvalue weighted by molar-refractivity contribution is -0.166. The summed E-state index contributed by atoms with van der Waals surface area (Å²) in [5.74, 6) is 1.36. The van der Waals surface area contributed by atoms with Crippen LogP contribution >= 0.6 is 0 Å². The summed E-state index contributed by atoms with van der Waals surface area (Å²) >= 11 is 0. The molecule has 0 amide bonds. The second-order valence-corrected chi connectivity index (χ2v) is 8.33. The molecular formula is C19H26O3. The van der Waals surface area contributed by atoms with Gasteiger partial charge in [0.2, 0.25) is 0 Å². The minimum atomic E-state index is -0.574. The van der Waals surface area contributed by atoms with Crippen molar-refractivity contribution >= 4 is 11.8 Å². The Hall–Kier alpha value is -1.12. The third-order valence-electron chi connectivity index (χ3n) is 7.90. The molecule has 3 heteroatoms. The number of carboxylic acid groups (broad SMARTS) is 1. The summed E-state index contributed by atoms with van der Waals surface area (Å²) in [4.78, 5) is 24.7. The molecule has 0 aromatic carbocycles. The Bertz CT molecular complexity index is 551. The van der Waals surface area contributed by atoms with Crippen LogP contribution < -0.4 is 0 Å². The molecular weight excluding hydrogens is 276 g/mol. The van der Waals surface area contributed by atoms with E-state index in [2.05, 4.69) is 13.0 Å². The Kier molecular flexibility index (Phi) is 3.08. The first-order valence-corrected chi connectivity index (χ1v) is 8.94. The van der Waals surface area contributed by atoms with Crippen LogP contribution in [-0.4, -0.2) is 16.9 Å². The Morgan fingerprint density at radius 2 is 2.00 bits per heavy atom. The molecule has 0 spiro atoms. The predicted molar refractivity (Wildman–Crippen MR) is 83.2 cm³/mol. The summed E-state index contributed by atoms with van der Waals surface area (Å²) in [7, 11) is 0. The van der Waals surface area contributed by atoms with Gasteiger partial charge in [-0.3, -0.25) is 9.59 Å². The second-order valence-electron chi connectivity index (χ2n) is 8.33. The van der Waals surface area contributed by atoms with Gasteiger partial charge < -0.3 is 5.11 Å². The number of carbonyl (C=O) groups excluding carboxylic acids is 1. The molecule has 0 aromatic heterocycles. The third-order valence-corrected chi connectivity index (χ3v) is 7.90. The molecule has 0 aliphatic heterocycles. The van der Waals surface area contributed by atoms with Crippen LogP contribution in [0, 0.1) is 34.5 Å². The van der Waals surface area contributed by atoms with Crippen LogP contribution in [0.5, 0.6) is 0 Å². The quantitative estimate of drug-likeness (QED) is 0.801. The minimum Gasteiger partial charge on any atom is -0.481 e. The van der Waals surface area contributed by atoms with Crippen molar-refractivity contribution in [3.8, 4) is 0 Å². The van der Waals surface area contributed by atoms with Crippen LogP contribution in [0.15, 0.2) is 12.2 Å². The monoisotopic (exact) mass is 302 g/mol. The number of fused-ring (bicyclic) bond motifs is 5. The first-order valence-electron chi connectivity index (χ1n) is 8.94. The van der Waals surface area contributed by atoms with Crippen LogP contribution in [0.25, 0.3) is 0 Å². The van der Waals surface area contributed by atoms with Crippen LogP contribution in [0.2, 0.25) is 0 Å². The van der Waals surface area contributed by atoms with E-state index in [1.165, 1.54) is 0 Å². The molecule has 0 aromatic rings. The molecule has 6 atom stereocenters. The van der Waals surface area contributed by atoms with Crippen molar-refractivity contribution in [2.24, 2.45) is 34.5 Å². The summed E-state index contributed by atoms with van der Waals surface area (Å²) in [6, 6.07) is 0. The number of carboxylic acids is 1. The summed E-state index contributed by atoms with van der Waals surface area (Å²) in [6.07, 6.45) is 11.8. The van der Waals surface area contributed by atoms with Gasteiger partial charge in [0, 0.05) is 5.41 Å². The van der Waals surface area contributed by atoms with Gasteiger partial charge in [0.1, 0.15) is 0 Å². The SMILES string of the molecule is C[C@]12C(=O)C=CCC1CC[C@H]1[C@@H]3CCC[C@@]3(C(=O)O)CC[C@@H]12. The van der Waals surface area contributed by atoms with Gasteiger partial charge >= 0.3 is 5.97 Å². The molecule has 0 saturated heterocycles. The van der Waals surface area contributed by atoms with E-state index in [1.807, 2.05) is 0 Å². The zero-order valence-electron chi connectivity index (χ0n) is 13.4. The lowest BCUT2D eigenvalue weighted by Gasteiger charge is -2.57. The number of hydrogen-bond acceptors (Lipinski definition) is 2. The molecule has 0 radical (unpaired) electrons. The number of rotatable bonds is 1. The maximum absolute atomic E-state index is 12.7. The first-order chi connectivity index (χ1) is 10.5. The fourth-order valence-electron chi connectivity index (χ4n) is 6.72. The molecule has 0 heterocycles. The van der Waals surface area contributed by atoms with Gasteiger partial charge in [0.15, 0.2) is 5.78 Å². The van der Waals surface area contributed by atoms with Crippen LogP contribution in [0.3, 0.4) is 0 Å². The molecule has 120 valence electrons. The van der Waals surface area contributed by atoms with E-state index in [1.54, 1.807) is 6.08 Å². The normalized spacial score (nSPS) is 50.1. The molecule has 4 rings (SSSR count). The van der Waals surface area contributed by atoms with Gasteiger partial charge in [-0.2, -0.15) is 0 Å². The van der Waals surface area contributed by atoms with Gasteiger partial charge in [0.05, 0.1) is 5.41 Å². The Labute approximate surface area is 132 Å². The number of hydrogen-bond donors (Lipinski definition) is 1. The topological polar surface area (TPSA) is 54.4 Å². The molecule has 0 bridgehead atoms. The zero-order chi connectivity index (χ0) is 15.5. The van der Waals surface area contributed by atoms with Crippen molar-refractivity contribution in [3.05, 3.63) is 12.2 Å². The lowest BCUT2D eigenvalue weighted by atomic mass is 9.45. The van der Waals surface area contributed by atoms with Gasteiger partial charge in [-0.05, 0) is 74.7 Å². The van der Waals surface area contributed by atoms with E-state index in [-0.39, 0.29) is 5.41 Å². The Balaban J connectivity index is 1.72. The molecule has 3 nitrogen and oxygen atoms in total. The van der Waals surface area contributed by atoms with Gasteiger partial charge in [-0.15, -0.1) is 0 Å². The van der Waals surface area contributed by atoms with E-state index in [9.17, 15) is 14.7 Å². The third kappa shape index (κ3) is 1.63. The van der Waals surface area contributed by atoms with Gasteiger partial charge in [-0.1, -0.05) is 19.4 Å². The summed E-state index contributed by atoms with van der Waals surface area (Å²) in [6.45, 7) is 2.18. The first kappa shape index (κ1) is 14.5. The standard InChI is InChI=1S/C19H26O3/c1-18-12(4-2-6-16(18)20)7-8-13-14(18)9-11-19(17(21)22)10-3-5-15(13)19/h2,6,12-15H,3-5,7-11H2,1H3,(H,21,22)/t12?,13-,14+,15+,18+,19-/m1/s1. The summed E-state index contributed by atoms with van der Waals surface area (Å²) in [5.41, 5.74) is -0.706.